The Morgan fingerprint density at radius 1 is 0.966 bits per heavy atom. The number of methoxy groups -OCH3 is 1. The van der Waals surface area contributed by atoms with E-state index >= 15 is 0 Å². The van der Waals surface area contributed by atoms with Crippen LogP contribution >= 0.6 is 0 Å². The summed E-state index contributed by atoms with van der Waals surface area (Å²) in [5, 5.41) is 3.03. The predicted molar refractivity (Wildman–Crippen MR) is 114 cm³/mol. The number of anilines is 1. The summed E-state index contributed by atoms with van der Waals surface area (Å²) < 4.78 is 5.56. The maximum atomic E-state index is 13.4. The number of amides is 2. The second kappa shape index (κ2) is 9.19. The van der Waals surface area contributed by atoms with Crippen LogP contribution in [0.3, 0.4) is 0 Å². The number of nitrogens with zero attached hydrogens (tertiary/aromatic N) is 1. The van der Waals surface area contributed by atoms with Crippen LogP contribution in [-0.4, -0.2) is 36.4 Å². The Bertz CT molecular complexity index is 740. The third-order valence-electron chi connectivity index (χ3n) is 7.18. The van der Waals surface area contributed by atoms with Gasteiger partial charge in [0.2, 0.25) is 5.91 Å². The van der Waals surface area contributed by atoms with Gasteiger partial charge in [0.25, 0.3) is 5.91 Å². The summed E-state index contributed by atoms with van der Waals surface area (Å²) in [6, 6.07) is 5.85. The number of carbonyl (C=O) groups excluding carboxylic acids is 2. The van der Waals surface area contributed by atoms with Gasteiger partial charge in [0.15, 0.2) is 0 Å². The van der Waals surface area contributed by atoms with Gasteiger partial charge in [-0.15, -0.1) is 0 Å². The van der Waals surface area contributed by atoms with Gasteiger partial charge in [-0.25, -0.2) is 0 Å². The number of benzene rings is 1. The molecule has 3 fully saturated rings. The predicted octanol–water partition coefficient (Wildman–Crippen LogP) is 5.01. The minimum Gasteiger partial charge on any atom is -0.496 e. The molecular formula is C24H34N2O3. The van der Waals surface area contributed by atoms with E-state index in [1.807, 2.05) is 12.1 Å². The molecule has 2 amide bonds. The average Bonchev–Trinajstić information content (AvgIpc) is 2.78. The third-order valence-corrected chi connectivity index (χ3v) is 7.18. The molecule has 3 aliphatic rings. The van der Waals surface area contributed by atoms with E-state index in [1.165, 1.54) is 32.1 Å². The van der Waals surface area contributed by atoms with Crippen molar-refractivity contribution in [2.75, 3.05) is 19.0 Å². The lowest BCUT2D eigenvalue weighted by molar-refractivity contribution is -0.120. The van der Waals surface area contributed by atoms with Crippen molar-refractivity contribution in [1.29, 1.82) is 0 Å². The highest BCUT2D eigenvalue weighted by atomic mass is 16.5. The minimum atomic E-state index is 0.0728. The number of hydrogen-bond donors (Lipinski definition) is 1. The molecule has 1 saturated heterocycles. The molecule has 0 aromatic heterocycles. The standard InChI is InChI=1S/C24H34N2O3/c1-29-22-16-19(25-23(27)18-9-3-2-4-10-18)13-14-20(22)24(28)26-15-7-11-17-8-5-6-12-21(17)26/h13-14,16-18,21H,2-12,15H2,1H3,(H,25,27)/t17-,21-/m0/s1. The Balaban J connectivity index is 1.48. The zero-order valence-electron chi connectivity index (χ0n) is 17.6. The zero-order valence-corrected chi connectivity index (χ0v) is 17.6. The fraction of sp³-hybridized carbons (Fsp3) is 0.667. The first-order valence-corrected chi connectivity index (χ1v) is 11.5. The van der Waals surface area contributed by atoms with Crippen LogP contribution in [0.25, 0.3) is 0 Å². The van der Waals surface area contributed by atoms with Crippen LogP contribution < -0.4 is 10.1 Å². The van der Waals surface area contributed by atoms with Crippen LogP contribution in [0.5, 0.6) is 5.75 Å². The van der Waals surface area contributed by atoms with Gasteiger partial charge in [0.1, 0.15) is 5.75 Å². The second-order valence-electron chi connectivity index (χ2n) is 8.99. The molecule has 158 valence electrons. The zero-order chi connectivity index (χ0) is 20.2. The number of fused-ring (bicyclic) bond motifs is 1. The summed E-state index contributed by atoms with van der Waals surface area (Å²) in [6.07, 6.45) is 12.6. The van der Waals surface area contributed by atoms with E-state index in [0.717, 1.165) is 45.1 Å². The highest BCUT2D eigenvalue weighted by Crippen LogP contribution is 2.37. The maximum Gasteiger partial charge on any atom is 0.257 e. The molecule has 0 radical (unpaired) electrons. The van der Waals surface area contributed by atoms with Crippen LogP contribution in [0.2, 0.25) is 0 Å². The normalized spacial score (nSPS) is 25.2. The smallest absolute Gasteiger partial charge is 0.257 e. The van der Waals surface area contributed by atoms with Gasteiger partial charge in [-0.3, -0.25) is 9.59 Å². The van der Waals surface area contributed by atoms with E-state index in [1.54, 1.807) is 13.2 Å². The average molecular weight is 399 g/mol. The summed E-state index contributed by atoms with van der Waals surface area (Å²) in [5.74, 6) is 1.47. The van der Waals surface area contributed by atoms with E-state index in [2.05, 4.69) is 10.2 Å². The lowest BCUT2D eigenvalue weighted by Crippen LogP contribution is -2.49. The summed E-state index contributed by atoms with van der Waals surface area (Å²) in [6.45, 7) is 0.837. The molecule has 5 heteroatoms. The molecule has 1 heterocycles. The topological polar surface area (TPSA) is 58.6 Å². The number of nitrogens with one attached hydrogen (secondary N) is 1. The molecule has 29 heavy (non-hydrogen) atoms. The first-order valence-electron chi connectivity index (χ1n) is 11.5. The molecule has 5 nitrogen and oxygen atoms in total. The van der Waals surface area contributed by atoms with Crippen LogP contribution in [0.15, 0.2) is 18.2 Å². The second-order valence-corrected chi connectivity index (χ2v) is 8.99. The largest absolute Gasteiger partial charge is 0.496 e. The molecule has 2 atom stereocenters. The molecule has 0 unspecified atom stereocenters. The number of piperidine rings is 1. The van der Waals surface area contributed by atoms with Crippen molar-refractivity contribution in [3.05, 3.63) is 23.8 Å². The lowest BCUT2D eigenvalue weighted by atomic mass is 9.78. The number of ether oxygens (including phenoxy) is 1. The SMILES string of the molecule is COc1cc(NC(=O)C2CCCCC2)ccc1C(=O)N1CCC[C@@H]2CCCC[C@@H]21. The molecule has 4 rings (SSSR count). The summed E-state index contributed by atoms with van der Waals surface area (Å²) in [4.78, 5) is 28.0. The van der Waals surface area contributed by atoms with Gasteiger partial charge < -0.3 is 15.0 Å². The van der Waals surface area contributed by atoms with E-state index < -0.39 is 0 Å². The van der Waals surface area contributed by atoms with Gasteiger partial charge in [-0.2, -0.15) is 0 Å². The third kappa shape index (κ3) is 4.44. The highest BCUT2D eigenvalue weighted by molar-refractivity contribution is 5.99. The van der Waals surface area contributed by atoms with Crippen molar-refractivity contribution in [1.82, 2.24) is 4.90 Å². The molecule has 2 saturated carbocycles. The summed E-state index contributed by atoms with van der Waals surface area (Å²) in [5.41, 5.74) is 1.32. The molecule has 1 N–H and O–H groups in total. The molecule has 1 aliphatic heterocycles. The van der Waals surface area contributed by atoms with Crippen LogP contribution in [0, 0.1) is 11.8 Å². The van der Waals surface area contributed by atoms with Gasteiger partial charge in [0, 0.05) is 30.3 Å². The summed E-state index contributed by atoms with van der Waals surface area (Å²) >= 11 is 0. The highest BCUT2D eigenvalue weighted by Gasteiger charge is 2.36. The number of carbonyl (C=O) groups is 2. The maximum absolute atomic E-state index is 13.4. The molecule has 1 aromatic carbocycles. The van der Waals surface area contributed by atoms with Crippen molar-refractivity contribution in [2.24, 2.45) is 11.8 Å². The Kier molecular flexibility index (Phi) is 6.41. The molecule has 0 bridgehead atoms. The van der Waals surface area contributed by atoms with Crippen molar-refractivity contribution < 1.29 is 14.3 Å². The monoisotopic (exact) mass is 398 g/mol. The molecule has 1 aromatic rings. The van der Waals surface area contributed by atoms with Crippen LogP contribution in [0.4, 0.5) is 5.69 Å². The number of likely N-dealkylation sites (tertiary alicyclic amines) is 1. The van der Waals surface area contributed by atoms with Crippen molar-refractivity contribution in [3.8, 4) is 5.75 Å². The molecular weight excluding hydrogens is 364 g/mol. The first kappa shape index (κ1) is 20.2. The first-order chi connectivity index (χ1) is 14.2. The number of hydrogen-bond acceptors (Lipinski definition) is 3. The van der Waals surface area contributed by atoms with Crippen molar-refractivity contribution in [3.63, 3.8) is 0 Å². The van der Waals surface area contributed by atoms with E-state index in [0.29, 0.717) is 29.0 Å². The van der Waals surface area contributed by atoms with Gasteiger partial charge in [-0.1, -0.05) is 32.1 Å². The summed E-state index contributed by atoms with van der Waals surface area (Å²) in [7, 11) is 1.60. The lowest BCUT2D eigenvalue weighted by Gasteiger charge is -2.44. The minimum absolute atomic E-state index is 0.0728. The molecule has 2 aliphatic carbocycles. The fourth-order valence-electron chi connectivity index (χ4n) is 5.59. The van der Waals surface area contributed by atoms with Crippen LogP contribution in [0.1, 0.15) is 81.0 Å². The fourth-order valence-corrected chi connectivity index (χ4v) is 5.59. The Morgan fingerprint density at radius 3 is 2.48 bits per heavy atom. The van der Waals surface area contributed by atoms with Crippen LogP contribution in [-0.2, 0) is 4.79 Å². The Hall–Kier alpha value is -2.04. The Morgan fingerprint density at radius 2 is 1.69 bits per heavy atom. The van der Waals surface area contributed by atoms with Gasteiger partial charge in [0.05, 0.1) is 12.7 Å². The van der Waals surface area contributed by atoms with E-state index in [-0.39, 0.29) is 17.7 Å². The van der Waals surface area contributed by atoms with Gasteiger partial charge in [-0.05, 0) is 56.6 Å². The van der Waals surface area contributed by atoms with Gasteiger partial charge >= 0.3 is 0 Å². The Labute approximate surface area is 174 Å². The number of rotatable bonds is 4. The quantitative estimate of drug-likeness (QED) is 0.776. The van der Waals surface area contributed by atoms with E-state index in [9.17, 15) is 9.59 Å². The van der Waals surface area contributed by atoms with Crippen molar-refractivity contribution in [2.45, 2.75) is 76.7 Å². The molecule has 0 spiro atoms. The van der Waals surface area contributed by atoms with Crippen molar-refractivity contribution >= 4 is 17.5 Å². The van der Waals surface area contributed by atoms with E-state index in [4.69, 9.17) is 4.74 Å².